The highest BCUT2D eigenvalue weighted by molar-refractivity contribution is 7.89. The Kier molecular flexibility index (Phi) is 5.86. The summed E-state index contributed by atoms with van der Waals surface area (Å²) >= 11 is 5.94. The number of sulfonamides is 1. The van der Waals surface area contributed by atoms with Crippen molar-refractivity contribution in [1.82, 2.24) is 9.29 Å². The van der Waals surface area contributed by atoms with Crippen molar-refractivity contribution in [3.8, 4) is 5.75 Å². The minimum absolute atomic E-state index is 0.0120. The SMILES string of the molecule is COc1ccc2[nH]c(=O)c(CN(C3CCCC3)S(=O)(=O)c3ccc(Cl)cc3)cc2c1. The molecule has 30 heavy (non-hydrogen) atoms. The van der Waals surface area contributed by atoms with Gasteiger partial charge < -0.3 is 9.72 Å². The number of rotatable bonds is 6. The third kappa shape index (κ3) is 4.10. The predicted octanol–water partition coefficient (Wildman–Crippen LogP) is 4.32. The van der Waals surface area contributed by atoms with Crippen LogP contribution >= 0.6 is 11.6 Å². The van der Waals surface area contributed by atoms with Crippen molar-refractivity contribution in [2.75, 3.05) is 7.11 Å². The highest BCUT2D eigenvalue weighted by atomic mass is 35.5. The van der Waals surface area contributed by atoms with Gasteiger partial charge in [0.25, 0.3) is 5.56 Å². The van der Waals surface area contributed by atoms with E-state index in [0.29, 0.717) is 21.9 Å². The van der Waals surface area contributed by atoms with Crippen molar-refractivity contribution in [1.29, 1.82) is 0 Å². The Bertz CT molecular complexity index is 1220. The maximum Gasteiger partial charge on any atom is 0.252 e. The van der Waals surface area contributed by atoms with E-state index < -0.39 is 10.0 Å². The summed E-state index contributed by atoms with van der Waals surface area (Å²) in [4.78, 5) is 15.8. The average Bonchev–Trinajstić information content (AvgIpc) is 3.26. The zero-order valence-corrected chi connectivity index (χ0v) is 18.2. The second kappa shape index (κ2) is 8.41. The first-order chi connectivity index (χ1) is 14.4. The van der Waals surface area contributed by atoms with E-state index in [4.69, 9.17) is 16.3 Å². The number of pyridine rings is 1. The molecule has 0 amide bonds. The number of benzene rings is 2. The van der Waals surface area contributed by atoms with Crippen molar-refractivity contribution >= 4 is 32.5 Å². The molecule has 8 heteroatoms. The molecule has 1 aliphatic carbocycles. The third-order valence-corrected chi connectivity index (χ3v) is 7.77. The summed E-state index contributed by atoms with van der Waals surface area (Å²) in [6.45, 7) is 0.0120. The molecule has 4 rings (SSSR count). The summed E-state index contributed by atoms with van der Waals surface area (Å²) in [5.74, 6) is 0.668. The lowest BCUT2D eigenvalue weighted by atomic mass is 10.1. The Labute approximate surface area is 180 Å². The highest BCUT2D eigenvalue weighted by Gasteiger charge is 2.34. The summed E-state index contributed by atoms with van der Waals surface area (Å²) < 4.78 is 33.7. The number of halogens is 1. The van der Waals surface area contributed by atoms with Crippen molar-refractivity contribution < 1.29 is 13.2 Å². The van der Waals surface area contributed by atoms with E-state index in [0.717, 1.165) is 31.1 Å². The lowest BCUT2D eigenvalue weighted by Crippen LogP contribution is -2.39. The fourth-order valence-electron chi connectivity index (χ4n) is 3.99. The van der Waals surface area contributed by atoms with E-state index in [1.54, 1.807) is 37.4 Å². The van der Waals surface area contributed by atoms with Gasteiger partial charge >= 0.3 is 0 Å². The fraction of sp³-hybridized carbons (Fsp3) is 0.318. The van der Waals surface area contributed by atoms with Crippen LogP contribution in [0.1, 0.15) is 31.2 Å². The molecule has 0 radical (unpaired) electrons. The molecular weight excluding hydrogens is 424 g/mol. The molecule has 1 N–H and O–H groups in total. The third-order valence-electron chi connectivity index (χ3n) is 5.61. The molecule has 3 aromatic rings. The molecule has 0 atom stereocenters. The number of fused-ring (bicyclic) bond motifs is 1. The number of hydrogen-bond donors (Lipinski definition) is 1. The molecule has 1 aromatic heterocycles. The minimum Gasteiger partial charge on any atom is -0.497 e. The van der Waals surface area contributed by atoms with Crippen molar-refractivity contribution in [2.45, 2.75) is 43.2 Å². The number of aromatic nitrogens is 1. The number of methoxy groups -OCH3 is 1. The lowest BCUT2D eigenvalue weighted by Gasteiger charge is -2.28. The zero-order chi connectivity index (χ0) is 21.3. The number of aromatic amines is 1. The number of hydrogen-bond acceptors (Lipinski definition) is 4. The minimum atomic E-state index is -3.79. The topological polar surface area (TPSA) is 79.5 Å². The van der Waals surface area contributed by atoms with Gasteiger partial charge in [-0.3, -0.25) is 4.79 Å². The number of ether oxygens (including phenoxy) is 1. The smallest absolute Gasteiger partial charge is 0.252 e. The Morgan fingerprint density at radius 1 is 1.10 bits per heavy atom. The number of H-pyrrole nitrogens is 1. The lowest BCUT2D eigenvalue weighted by molar-refractivity contribution is 0.315. The van der Waals surface area contributed by atoms with Crippen molar-refractivity contribution in [2.24, 2.45) is 0 Å². The van der Waals surface area contributed by atoms with E-state index in [1.807, 2.05) is 6.07 Å². The quantitative estimate of drug-likeness (QED) is 0.611. The monoisotopic (exact) mass is 446 g/mol. The van der Waals surface area contributed by atoms with E-state index in [2.05, 4.69) is 4.98 Å². The van der Waals surface area contributed by atoms with Gasteiger partial charge in [0.15, 0.2) is 0 Å². The Morgan fingerprint density at radius 3 is 2.47 bits per heavy atom. The summed E-state index contributed by atoms with van der Waals surface area (Å²) in [5, 5.41) is 1.26. The van der Waals surface area contributed by atoms with Crippen LogP contribution in [0.3, 0.4) is 0 Å². The van der Waals surface area contributed by atoms with Gasteiger partial charge in [0.1, 0.15) is 5.75 Å². The van der Waals surface area contributed by atoms with Crippen LogP contribution in [0.15, 0.2) is 58.2 Å². The first-order valence-electron chi connectivity index (χ1n) is 9.86. The van der Waals surface area contributed by atoms with Gasteiger partial charge in [-0.25, -0.2) is 8.42 Å². The maximum atomic E-state index is 13.5. The molecule has 1 heterocycles. The molecule has 1 saturated carbocycles. The molecule has 0 spiro atoms. The van der Waals surface area contributed by atoms with Crippen LogP contribution in [0.25, 0.3) is 10.9 Å². The number of nitrogens with one attached hydrogen (secondary N) is 1. The van der Waals surface area contributed by atoms with Gasteiger partial charge in [-0.15, -0.1) is 0 Å². The van der Waals surface area contributed by atoms with Crippen LogP contribution in [-0.4, -0.2) is 30.9 Å². The summed E-state index contributed by atoms with van der Waals surface area (Å²) in [7, 11) is -2.21. The molecule has 158 valence electrons. The van der Waals surface area contributed by atoms with Gasteiger partial charge in [0.05, 0.1) is 12.0 Å². The van der Waals surface area contributed by atoms with Crippen LogP contribution in [-0.2, 0) is 16.6 Å². The van der Waals surface area contributed by atoms with E-state index in [-0.39, 0.29) is 23.0 Å². The molecule has 6 nitrogen and oxygen atoms in total. The first-order valence-corrected chi connectivity index (χ1v) is 11.7. The second-order valence-corrected chi connectivity index (χ2v) is 9.85. The highest BCUT2D eigenvalue weighted by Crippen LogP contribution is 2.31. The summed E-state index contributed by atoms with van der Waals surface area (Å²) in [6.07, 6.45) is 3.52. The molecule has 0 aliphatic heterocycles. The Morgan fingerprint density at radius 2 is 1.80 bits per heavy atom. The van der Waals surface area contributed by atoms with E-state index in [1.165, 1.54) is 16.4 Å². The van der Waals surface area contributed by atoms with E-state index in [9.17, 15) is 13.2 Å². The van der Waals surface area contributed by atoms with Crippen molar-refractivity contribution in [3.05, 3.63) is 69.5 Å². The second-order valence-electron chi connectivity index (χ2n) is 7.52. The largest absolute Gasteiger partial charge is 0.497 e. The van der Waals surface area contributed by atoms with Gasteiger partial charge in [0.2, 0.25) is 10.0 Å². The van der Waals surface area contributed by atoms with Gasteiger partial charge in [0, 0.05) is 34.1 Å². The van der Waals surface area contributed by atoms with E-state index >= 15 is 0 Å². The molecule has 1 aliphatic rings. The van der Waals surface area contributed by atoms with Crippen LogP contribution in [0.2, 0.25) is 5.02 Å². The summed E-state index contributed by atoms with van der Waals surface area (Å²) in [6, 6.07) is 13.1. The number of nitrogens with zero attached hydrogens (tertiary/aromatic N) is 1. The first kappa shape index (κ1) is 20.9. The Hall–Kier alpha value is -2.35. The van der Waals surface area contributed by atoms with Crippen molar-refractivity contribution in [3.63, 3.8) is 0 Å². The molecule has 2 aromatic carbocycles. The average molecular weight is 447 g/mol. The van der Waals surface area contributed by atoms with Gasteiger partial charge in [-0.2, -0.15) is 4.31 Å². The molecule has 1 fully saturated rings. The molecular formula is C22H23ClN2O4S. The standard InChI is InChI=1S/C22H23ClN2O4S/c1-29-19-8-11-21-15(13-19)12-16(22(26)24-21)14-25(18-4-2-3-5-18)30(27,28)20-9-6-17(23)7-10-20/h6-13,18H,2-5,14H2,1H3,(H,24,26). The summed E-state index contributed by atoms with van der Waals surface area (Å²) in [5.41, 5.74) is 0.791. The van der Waals surface area contributed by atoms with Crippen LogP contribution in [0.4, 0.5) is 0 Å². The van der Waals surface area contributed by atoms with Gasteiger partial charge in [-0.05, 0) is 61.4 Å². The molecule has 0 unspecified atom stereocenters. The van der Waals surface area contributed by atoms with Crippen LogP contribution in [0, 0.1) is 0 Å². The predicted molar refractivity (Wildman–Crippen MR) is 118 cm³/mol. The molecule has 0 saturated heterocycles. The Balaban J connectivity index is 1.76. The van der Waals surface area contributed by atoms with Crippen LogP contribution in [0.5, 0.6) is 5.75 Å². The van der Waals surface area contributed by atoms with Crippen LogP contribution < -0.4 is 10.3 Å². The zero-order valence-electron chi connectivity index (χ0n) is 16.6. The normalized spacial score (nSPS) is 15.2. The maximum absolute atomic E-state index is 13.5. The fourth-order valence-corrected chi connectivity index (χ4v) is 5.78. The molecule has 0 bridgehead atoms. The van der Waals surface area contributed by atoms with Gasteiger partial charge in [-0.1, -0.05) is 24.4 Å².